The first-order valence-electron chi connectivity index (χ1n) is 5.51. The van der Waals surface area contributed by atoms with Gasteiger partial charge in [-0.3, -0.25) is 0 Å². The smallest absolute Gasteiger partial charge is 0.340 e. The highest BCUT2D eigenvalue weighted by Crippen LogP contribution is 2.17. The lowest BCUT2D eigenvalue weighted by atomic mass is 10.1. The van der Waals surface area contributed by atoms with E-state index < -0.39 is 15.8 Å². The van der Waals surface area contributed by atoms with Crippen LogP contribution in [0.1, 0.15) is 22.3 Å². The van der Waals surface area contributed by atoms with Gasteiger partial charge >= 0.3 is 5.97 Å². The molecule has 0 saturated heterocycles. The number of esters is 1. The summed E-state index contributed by atoms with van der Waals surface area (Å²) in [7, 11) is -3.02. The van der Waals surface area contributed by atoms with Crippen molar-refractivity contribution in [3.63, 3.8) is 0 Å². The molecule has 0 bridgehead atoms. The van der Waals surface area contributed by atoms with E-state index in [1.54, 1.807) is 25.1 Å². The molecule has 2 N–H and O–H groups in total. The van der Waals surface area contributed by atoms with E-state index in [0.29, 0.717) is 11.3 Å². The number of hydrogen-bond acceptors (Lipinski definition) is 5. The second-order valence-corrected chi connectivity index (χ2v) is 6.42. The maximum absolute atomic E-state index is 11.8. The lowest BCUT2D eigenvalue weighted by Crippen LogP contribution is -2.13. The van der Waals surface area contributed by atoms with Crippen molar-refractivity contribution in [3.8, 4) is 0 Å². The topological polar surface area (TPSA) is 86.5 Å². The molecule has 0 aliphatic carbocycles. The summed E-state index contributed by atoms with van der Waals surface area (Å²) in [6.07, 6.45) is 1.44. The molecule has 0 fully saturated rings. The molecular weight excluding hydrogens is 254 g/mol. The van der Waals surface area contributed by atoms with Gasteiger partial charge in [0.25, 0.3) is 0 Å². The molecule has 0 amide bonds. The SMILES string of the molecule is Cc1cccc(N)c1C(=O)OCCCS(C)(=O)=O. The van der Waals surface area contributed by atoms with E-state index in [4.69, 9.17) is 10.5 Å². The molecule has 0 aliphatic rings. The number of sulfone groups is 1. The van der Waals surface area contributed by atoms with E-state index in [9.17, 15) is 13.2 Å². The summed E-state index contributed by atoms with van der Waals surface area (Å²) in [5, 5.41) is 0. The fraction of sp³-hybridized carbons (Fsp3) is 0.417. The molecule has 1 aromatic rings. The quantitative estimate of drug-likeness (QED) is 0.493. The Morgan fingerprint density at radius 1 is 1.39 bits per heavy atom. The van der Waals surface area contributed by atoms with Crippen molar-refractivity contribution < 1.29 is 17.9 Å². The highest BCUT2D eigenvalue weighted by Gasteiger charge is 2.14. The molecule has 1 rings (SSSR count). The van der Waals surface area contributed by atoms with Crippen LogP contribution in [-0.2, 0) is 14.6 Å². The van der Waals surface area contributed by atoms with Gasteiger partial charge in [0.05, 0.1) is 17.9 Å². The maximum atomic E-state index is 11.8. The first kappa shape index (κ1) is 14.5. The molecule has 100 valence electrons. The Labute approximate surface area is 107 Å². The predicted molar refractivity (Wildman–Crippen MR) is 70.2 cm³/mol. The number of benzene rings is 1. The zero-order chi connectivity index (χ0) is 13.8. The molecule has 0 atom stereocenters. The summed E-state index contributed by atoms with van der Waals surface area (Å²) in [6, 6.07) is 5.15. The Kier molecular flexibility index (Phi) is 4.72. The van der Waals surface area contributed by atoms with Crippen molar-refractivity contribution in [2.75, 3.05) is 24.3 Å². The molecular formula is C12H17NO4S. The van der Waals surface area contributed by atoms with Gasteiger partial charge in [-0.2, -0.15) is 0 Å². The molecule has 1 aromatic carbocycles. The molecule has 18 heavy (non-hydrogen) atoms. The Morgan fingerprint density at radius 2 is 2.06 bits per heavy atom. The van der Waals surface area contributed by atoms with Crippen LogP contribution in [-0.4, -0.2) is 33.0 Å². The van der Waals surface area contributed by atoms with Crippen LogP contribution in [0.5, 0.6) is 0 Å². The number of nitrogen functional groups attached to an aromatic ring is 1. The number of aryl methyl sites for hydroxylation is 1. The molecule has 0 aromatic heterocycles. The van der Waals surface area contributed by atoms with Crippen molar-refractivity contribution in [2.45, 2.75) is 13.3 Å². The normalized spacial score (nSPS) is 11.2. The molecule has 0 aliphatic heterocycles. The Hall–Kier alpha value is -1.56. The van der Waals surface area contributed by atoms with Crippen molar-refractivity contribution in [2.24, 2.45) is 0 Å². The van der Waals surface area contributed by atoms with Crippen molar-refractivity contribution in [3.05, 3.63) is 29.3 Å². The number of nitrogens with two attached hydrogens (primary N) is 1. The van der Waals surface area contributed by atoms with E-state index in [1.165, 1.54) is 0 Å². The first-order valence-corrected chi connectivity index (χ1v) is 7.57. The summed E-state index contributed by atoms with van der Waals surface area (Å²) in [5.74, 6) is -0.511. The van der Waals surface area contributed by atoms with Gasteiger partial charge in [-0.05, 0) is 25.0 Å². The van der Waals surface area contributed by atoms with Crippen LogP contribution in [0.2, 0.25) is 0 Å². The second-order valence-electron chi connectivity index (χ2n) is 4.16. The number of ether oxygens (including phenoxy) is 1. The molecule has 0 spiro atoms. The third-order valence-corrected chi connectivity index (χ3v) is 3.43. The summed E-state index contributed by atoms with van der Waals surface area (Å²) in [4.78, 5) is 11.8. The van der Waals surface area contributed by atoms with Crippen molar-refractivity contribution >= 4 is 21.5 Å². The van der Waals surface area contributed by atoms with Crippen LogP contribution >= 0.6 is 0 Å². The predicted octanol–water partition coefficient (Wildman–Crippen LogP) is 1.17. The van der Waals surface area contributed by atoms with Crippen LogP contribution in [0.3, 0.4) is 0 Å². The average molecular weight is 271 g/mol. The number of hydrogen-bond donors (Lipinski definition) is 1. The summed E-state index contributed by atoms with van der Waals surface area (Å²) in [6.45, 7) is 1.84. The van der Waals surface area contributed by atoms with Crippen LogP contribution < -0.4 is 5.73 Å². The number of carbonyl (C=O) groups excluding carboxylic acids is 1. The maximum Gasteiger partial charge on any atom is 0.340 e. The average Bonchev–Trinajstić information content (AvgIpc) is 2.23. The number of rotatable bonds is 5. The van der Waals surface area contributed by atoms with Gasteiger partial charge in [0.15, 0.2) is 0 Å². The van der Waals surface area contributed by atoms with Crippen LogP contribution in [0.25, 0.3) is 0 Å². The number of carbonyl (C=O) groups is 1. The van der Waals surface area contributed by atoms with Gasteiger partial charge < -0.3 is 10.5 Å². The highest BCUT2D eigenvalue weighted by atomic mass is 32.2. The standard InChI is InChI=1S/C12H17NO4S/c1-9-5-3-6-10(13)11(9)12(14)17-7-4-8-18(2,15)16/h3,5-6H,4,7-8,13H2,1-2H3. The van der Waals surface area contributed by atoms with Crippen LogP contribution in [0.4, 0.5) is 5.69 Å². The van der Waals surface area contributed by atoms with Gasteiger partial charge in [0, 0.05) is 11.9 Å². The molecule has 0 saturated carbocycles. The minimum absolute atomic E-state index is 0.00351. The van der Waals surface area contributed by atoms with Crippen LogP contribution in [0.15, 0.2) is 18.2 Å². The molecule has 0 unspecified atom stereocenters. The fourth-order valence-electron chi connectivity index (χ4n) is 1.53. The van der Waals surface area contributed by atoms with Gasteiger partial charge in [-0.15, -0.1) is 0 Å². The number of anilines is 1. The largest absolute Gasteiger partial charge is 0.462 e. The zero-order valence-corrected chi connectivity index (χ0v) is 11.3. The molecule has 6 heteroatoms. The van der Waals surface area contributed by atoms with Crippen molar-refractivity contribution in [1.29, 1.82) is 0 Å². The lowest BCUT2D eigenvalue weighted by molar-refractivity contribution is 0.0506. The van der Waals surface area contributed by atoms with E-state index in [1.807, 2.05) is 0 Å². The lowest BCUT2D eigenvalue weighted by Gasteiger charge is -2.09. The minimum atomic E-state index is -3.02. The summed E-state index contributed by atoms with van der Waals surface area (Å²) >= 11 is 0. The fourth-order valence-corrected chi connectivity index (χ4v) is 2.17. The van der Waals surface area contributed by atoms with E-state index in [0.717, 1.165) is 11.8 Å². The molecule has 0 radical (unpaired) electrons. The summed E-state index contributed by atoms with van der Waals surface area (Å²) < 4.78 is 26.8. The Bertz CT molecular complexity index is 517. The van der Waals surface area contributed by atoms with E-state index >= 15 is 0 Å². The Balaban J connectivity index is 2.56. The third-order valence-electron chi connectivity index (χ3n) is 2.40. The van der Waals surface area contributed by atoms with Crippen LogP contribution in [0, 0.1) is 6.92 Å². The van der Waals surface area contributed by atoms with Gasteiger partial charge in [-0.25, -0.2) is 13.2 Å². The van der Waals surface area contributed by atoms with Gasteiger partial charge in [-0.1, -0.05) is 12.1 Å². The molecule has 0 heterocycles. The third kappa shape index (κ3) is 4.37. The second kappa shape index (κ2) is 5.86. The monoisotopic (exact) mass is 271 g/mol. The summed E-state index contributed by atoms with van der Waals surface area (Å²) in [5.41, 5.74) is 7.15. The Morgan fingerprint density at radius 3 is 2.61 bits per heavy atom. The molecule has 5 nitrogen and oxygen atoms in total. The zero-order valence-electron chi connectivity index (χ0n) is 10.5. The highest BCUT2D eigenvalue weighted by molar-refractivity contribution is 7.90. The van der Waals surface area contributed by atoms with Crippen molar-refractivity contribution in [1.82, 2.24) is 0 Å². The van der Waals surface area contributed by atoms with Gasteiger partial charge in [0.1, 0.15) is 9.84 Å². The van der Waals surface area contributed by atoms with Gasteiger partial charge in [0.2, 0.25) is 0 Å². The first-order chi connectivity index (χ1) is 8.31. The van der Waals surface area contributed by atoms with E-state index in [2.05, 4.69) is 0 Å². The van der Waals surface area contributed by atoms with E-state index in [-0.39, 0.29) is 18.8 Å². The minimum Gasteiger partial charge on any atom is -0.462 e.